The van der Waals surface area contributed by atoms with Crippen LogP contribution in [0.25, 0.3) is 22.5 Å². The van der Waals surface area contributed by atoms with Crippen LogP contribution >= 0.6 is 0 Å². The maximum atomic E-state index is 9.03. The van der Waals surface area contributed by atoms with Gasteiger partial charge >= 0.3 is 0 Å². The van der Waals surface area contributed by atoms with Gasteiger partial charge in [0.2, 0.25) is 5.65 Å². The van der Waals surface area contributed by atoms with Crippen molar-refractivity contribution in [2.75, 3.05) is 0 Å². The zero-order valence-electron chi connectivity index (χ0n) is 10.9. The lowest BCUT2D eigenvalue weighted by molar-refractivity contribution is 0.911. The van der Waals surface area contributed by atoms with Gasteiger partial charge in [-0.1, -0.05) is 12.1 Å². The van der Waals surface area contributed by atoms with Crippen molar-refractivity contribution >= 4 is 16.7 Å². The number of hydrogen-bond acceptors (Lipinski definition) is 5. The second kappa shape index (κ2) is 4.38. The number of aromatic nitrogens is 6. The molecule has 3 heterocycles. The van der Waals surface area contributed by atoms with Gasteiger partial charge in [-0.2, -0.15) is 5.26 Å². The quantitative estimate of drug-likeness (QED) is 0.554. The van der Waals surface area contributed by atoms with Gasteiger partial charge in [-0.15, -0.1) is 10.2 Å². The summed E-state index contributed by atoms with van der Waals surface area (Å²) in [5.41, 5.74) is 2.34. The highest BCUT2D eigenvalue weighted by atomic mass is 15.3. The molecule has 7 heteroatoms. The van der Waals surface area contributed by atoms with Crippen LogP contribution in [0.1, 0.15) is 5.82 Å². The van der Waals surface area contributed by atoms with Crippen LogP contribution in [0.2, 0.25) is 0 Å². The Bertz CT molecular complexity index is 989. The van der Waals surface area contributed by atoms with Crippen LogP contribution in [0.5, 0.6) is 0 Å². The molecule has 7 nitrogen and oxygen atoms in total. The summed E-state index contributed by atoms with van der Waals surface area (Å²) in [7, 11) is 0. The Balaban J connectivity index is 2.12. The minimum Gasteiger partial charge on any atom is -0.284 e. The average Bonchev–Trinajstić information content (AvgIpc) is 3.11. The molecule has 4 aromatic rings. The van der Waals surface area contributed by atoms with Gasteiger partial charge in [0.25, 0.3) is 0 Å². The lowest BCUT2D eigenvalue weighted by Gasteiger charge is -2.07. The molecule has 0 saturated carbocycles. The summed E-state index contributed by atoms with van der Waals surface area (Å²) < 4.78 is 3.65. The number of imidazole rings is 1. The third-order valence-electron chi connectivity index (χ3n) is 3.28. The van der Waals surface area contributed by atoms with Crippen molar-refractivity contribution in [2.24, 2.45) is 0 Å². The summed E-state index contributed by atoms with van der Waals surface area (Å²) in [6.45, 7) is 0. The smallest absolute Gasteiger partial charge is 0.204 e. The molecule has 0 spiro atoms. The van der Waals surface area contributed by atoms with Crippen LogP contribution in [-0.2, 0) is 6.42 Å². The first-order valence-electron chi connectivity index (χ1n) is 6.36. The van der Waals surface area contributed by atoms with E-state index in [4.69, 9.17) is 5.26 Å². The standard InChI is InChI=1S/C14H9N7/c15-6-5-12-18-10-3-1-2-4-11(10)21(12)13-14-19-17-9-20(14)8-7-16-13/h1-4,7-9H,5H2. The van der Waals surface area contributed by atoms with Gasteiger partial charge in [0.15, 0.2) is 5.82 Å². The fourth-order valence-corrected chi connectivity index (χ4v) is 2.40. The summed E-state index contributed by atoms with van der Waals surface area (Å²) in [6.07, 6.45) is 5.27. The van der Waals surface area contributed by atoms with Gasteiger partial charge < -0.3 is 0 Å². The molecule has 100 valence electrons. The van der Waals surface area contributed by atoms with Gasteiger partial charge in [-0.3, -0.25) is 8.97 Å². The zero-order chi connectivity index (χ0) is 14.2. The first-order chi connectivity index (χ1) is 10.4. The molecule has 0 aliphatic heterocycles. The number of benzene rings is 1. The first-order valence-corrected chi connectivity index (χ1v) is 6.36. The van der Waals surface area contributed by atoms with Crippen molar-refractivity contribution in [1.82, 2.24) is 29.1 Å². The molecule has 0 N–H and O–H groups in total. The number of rotatable bonds is 2. The third-order valence-corrected chi connectivity index (χ3v) is 3.28. The van der Waals surface area contributed by atoms with Gasteiger partial charge in [-0.05, 0) is 12.1 Å². The monoisotopic (exact) mass is 275 g/mol. The normalized spacial score (nSPS) is 11.0. The van der Waals surface area contributed by atoms with Crippen molar-refractivity contribution in [3.05, 3.63) is 48.8 Å². The molecule has 0 unspecified atom stereocenters. The van der Waals surface area contributed by atoms with E-state index in [2.05, 4.69) is 26.2 Å². The van der Waals surface area contributed by atoms with E-state index in [9.17, 15) is 0 Å². The van der Waals surface area contributed by atoms with Gasteiger partial charge in [-0.25, -0.2) is 9.97 Å². The third kappa shape index (κ3) is 1.66. The molecule has 0 aliphatic carbocycles. The van der Waals surface area contributed by atoms with E-state index >= 15 is 0 Å². The molecule has 0 radical (unpaired) electrons. The van der Waals surface area contributed by atoms with Crippen molar-refractivity contribution in [1.29, 1.82) is 5.26 Å². The van der Waals surface area contributed by atoms with Crippen LogP contribution in [-0.4, -0.2) is 29.1 Å². The van der Waals surface area contributed by atoms with Gasteiger partial charge in [0.1, 0.15) is 12.2 Å². The van der Waals surface area contributed by atoms with Gasteiger partial charge in [0, 0.05) is 12.4 Å². The SMILES string of the molecule is N#CCc1nc2ccccc2n1-c1nccn2cnnc12. The summed E-state index contributed by atoms with van der Waals surface area (Å²) >= 11 is 0. The number of nitriles is 1. The molecule has 0 amide bonds. The summed E-state index contributed by atoms with van der Waals surface area (Å²) in [5, 5.41) is 17.0. The summed E-state index contributed by atoms with van der Waals surface area (Å²) in [6, 6.07) is 9.85. The molecular weight excluding hydrogens is 266 g/mol. The predicted octanol–water partition coefficient (Wildman–Crippen LogP) is 1.53. The molecule has 21 heavy (non-hydrogen) atoms. The Hall–Kier alpha value is -3.27. The number of hydrogen-bond donors (Lipinski definition) is 0. The highest BCUT2D eigenvalue weighted by Gasteiger charge is 2.16. The maximum absolute atomic E-state index is 9.03. The topological polar surface area (TPSA) is 84.7 Å². The Morgan fingerprint density at radius 2 is 2.14 bits per heavy atom. The van der Waals surface area contributed by atoms with E-state index in [1.807, 2.05) is 28.8 Å². The second-order valence-corrected chi connectivity index (χ2v) is 4.50. The van der Waals surface area contributed by atoms with Crippen LogP contribution in [0, 0.1) is 11.3 Å². The van der Waals surface area contributed by atoms with Crippen LogP contribution in [0.4, 0.5) is 0 Å². The molecule has 4 rings (SSSR count). The molecule has 0 aliphatic rings. The molecule has 1 aromatic carbocycles. The average molecular weight is 275 g/mol. The highest BCUT2D eigenvalue weighted by molar-refractivity contribution is 5.79. The van der Waals surface area contributed by atoms with E-state index in [-0.39, 0.29) is 6.42 Å². The van der Waals surface area contributed by atoms with E-state index < -0.39 is 0 Å². The lowest BCUT2D eigenvalue weighted by Crippen LogP contribution is -2.05. The molecule has 3 aromatic heterocycles. The van der Waals surface area contributed by atoms with Crippen LogP contribution < -0.4 is 0 Å². The van der Waals surface area contributed by atoms with Crippen LogP contribution in [0.15, 0.2) is 43.0 Å². The molecule has 0 saturated heterocycles. The summed E-state index contributed by atoms with van der Waals surface area (Å²) in [4.78, 5) is 8.92. The zero-order valence-corrected chi connectivity index (χ0v) is 10.9. The number of para-hydroxylation sites is 2. The van der Waals surface area contributed by atoms with E-state index in [1.54, 1.807) is 23.1 Å². The minimum absolute atomic E-state index is 0.200. The molecular formula is C14H9N7. The van der Waals surface area contributed by atoms with E-state index in [1.165, 1.54) is 0 Å². The largest absolute Gasteiger partial charge is 0.284 e. The number of nitrogens with zero attached hydrogens (tertiary/aromatic N) is 7. The fraction of sp³-hybridized carbons (Fsp3) is 0.0714. The predicted molar refractivity (Wildman–Crippen MR) is 74.7 cm³/mol. The highest BCUT2D eigenvalue weighted by Crippen LogP contribution is 2.22. The summed E-state index contributed by atoms with van der Waals surface area (Å²) in [5.74, 6) is 1.26. The van der Waals surface area contributed by atoms with Gasteiger partial charge in [0.05, 0.1) is 23.5 Å². The van der Waals surface area contributed by atoms with E-state index in [0.717, 1.165) is 11.0 Å². The Morgan fingerprint density at radius 1 is 1.24 bits per heavy atom. The minimum atomic E-state index is 0.200. The number of fused-ring (bicyclic) bond motifs is 2. The maximum Gasteiger partial charge on any atom is 0.204 e. The second-order valence-electron chi connectivity index (χ2n) is 4.50. The van der Waals surface area contributed by atoms with Crippen molar-refractivity contribution < 1.29 is 0 Å². The Labute approximate surface area is 119 Å². The fourth-order valence-electron chi connectivity index (χ4n) is 2.40. The Kier molecular flexibility index (Phi) is 2.41. The molecule has 0 atom stereocenters. The lowest BCUT2D eigenvalue weighted by atomic mass is 10.3. The van der Waals surface area contributed by atoms with E-state index in [0.29, 0.717) is 17.3 Å². The van der Waals surface area contributed by atoms with Crippen LogP contribution in [0.3, 0.4) is 0 Å². The molecule has 0 bridgehead atoms. The first kappa shape index (κ1) is 11.5. The van der Waals surface area contributed by atoms with Crippen molar-refractivity contribution in [3.8, 4) is 11.9 Å². The van der Waals surface area contributed by atoms with Crippen molar-refractivity contribution in [3.63, 3.8) is 0 Å². The molecule has 0 fully saturated rings. The Morgan fingerprint density at radius 3 is 3.05 bits per heavy atom. The van der Waals surface area contributed by atoms with Crippen molar-refractivity contribution in [2.45, 2.75) is 6.42 Å².